The topological polar surface area (TPSA) is 17.1 Å². The Labute approximate surface area is 67.8 Å². The van der Waals surface area contributed by atoms with E-state index >= 15 is 0 Å². The molecule has 0 N–H and O–H groups in total. The first kappa shape index (κ1) is 9.96. The lowest BCUT2D eigenvalue weighted by Gasteiger charge is -2.18. The fourth-order valence-electron chi connectivity index (χ4n) is 0.613. The summed E-state index contributed by atoms with van der Waals surface area (Å²) >= 11 is 6.01. The molecule has 0 radical (unpaired) electrons. The zero-order valence-electron chi connectivity index (χ0n) is 6.91. The van der Waals surface area contributed by atoms with Crippen molar-refractivity contribution < 1.29 is 4.79 Å². The van der Waals surface area contributed by atoms with Crippen LogP contribution in [-0.2, 0) is 4.79 Å². The van der Waals surface area contributed by atoms with Crippen LogP contribution >= 0.6 is 11.6 Å². The minimum Gasteiger partial charge on any atom is -0.300 e. The van der Waals surface area contributed by atoms with E-state index in [9.17, 15) is 4.79 Å². The molecule has 1 nitrogen and oxygen atoms in total. The van der Waals surface area contributed by atoms with E-state index in [1.165, 1.54) is 0 Å². The molecule has 0 rings (SSSR count). The molecular formula is C8H15ClO. The summed E-state index contributed by atoms with van der Waals surface area (Å²) in [5, 5.41) is 0. The summed E-state index contributed by atoms with van der Waals surface area (Å²) in [7, 11) is 0. The van der Waals surface area contributed by atoms with Crippen LogP contribution < -0.4 is 0 Å². The third-order valence-electron chi connectivity index (χ3n) is 1.74. The number of Topliss-reactive ketones (excluding diaryl/α,β-unsaturated/α-hetero) is 1. The Morgan fingerprint density at radius 1 is 1.60 bits per heavy atom. The van der Waals surface area contributed by atoms with Crippen molar-refractivity contribution in [3.05, 3.63) is 0 Å². The normalized spacial score (nSPS) is 16.4. The van der Waals surface area contributed by atoms with Gasteiger partial charge in [0.2, 0.25) is 0 Å². The van der Waals surface area contributed by atoms with Crippen molar-refractivity contribution in [1.29, 1.82) is 0 Å². The van der Waals surface area contributed by atoms with E-state index in [0.717, 1.165) is 12.8 Å². The Morgan fingerprint density at radius 2 is 2.10 bits per heavy atom. The molecule has 1 unspecified atom stereocenters. The molecule has 0 saturated heterocycles. The van der Waals surface area contributed by atoms with Crippen molar-refractivity contribution in [2.24, 2.45) is 0 Å². The van der Waals surface area contributed by atoms with Gasteiger partial charge in [-0.25, -0.2) is 0 Å². The van der Waals surface area contributed by atoms with Crippen LogP contribution in [0.2, 0.25) is 0 Å². The van der Waals surface area contributed by atoms with Crippen molar-refractivity contribution >= 4 is 17.4 Å². The van der Waals surface area contributed by atoms with E-state index in [4.69, 9.17) is 11.6 Å². The van der Waals surface area contributed by atoms with Crippen LogP contribution in [-0.4, -0.2) is 10.7 Å². The summed E-state index contributed by atoms with van der Waals surface area (Å²) in [6, 6.07) is 0. The monoisotopic (exact) mass is 162 g/mol. The van der Waals surface area contributed by atoms with Gasteiger partial charge in [-0.05, 0) is 26.7 Å². The second-order valence-electron chi connectivity index (χ2n) is 2.97. The minimum atomic E-state index is -0.175. The molecule has 0 spiro atoms. The largest absolute Gasteiger partial charge is 0.300 e. The molecular weight excluding hydrogens is 148 g/mol. The van der Waals surface area contributed by atoms with Gasteiger partial charge in [-0.15, -0.1) is 11.6 Å². The van der Waals surface area contributed by atoms with Crippen molar-refractivity contribution in [3.8, 4) is 0 Å². The van der Waals surface area contributed by atoms with E-state index in [1.54, 1.807) is 6.92 Å². The van der Waals surface area contributed by atoms with Gasteiger partial charge in [0.1, 0.15) is 5.78 Å². The smallest absolute Gasteiger partial charge is 0.129 e. The third kappa shape index (κ3) is 4.80. The van der Waals surface area contributed by atoms with E-state index in [-0.39, 0.29) is 10.7 Å². The Bertz CT molecular complexity index is 118. The third-order valence-corrected chi connectivity index (χ3v) is 2.19. The van der Waals surface area contributed by atoms with Gasteiger partial charge in [0.15, 0.2) is 0 Å². The Morgan fingerprint density at radius 3 is 2.40 bits per heavy atom. The molecule has 0 bridgehead atoms. The summed E-state index contributed by atoms with van der Waals surface area (Å²) in [5.41, 5.74) is 0. The molecule has 10 heavy (non-hydrogen) atoms. The second kappa shape index (κ2) is 3.97. The quantitative estimate of drug-likeness (QED) is 0.581. The van der Waals surface area contributed by atoms with Gasteiger partial charge in [-0.3, -0.25) is 0 Å². The lowest BCUT2D eigenvalue weighted by molar-refractivity contribution is -0.117. The average Bonchev–Trinajstić information content (AvgIpc) is 1.85. The molecule has 0 aromatic carbocycles. The maximum Gasteiger partial charge on any atom is 0.129 e. The summed E-state index contributed by atoms with van der Waals surface area (Å²) in [5.74, 6) is 0.223. The van der Waals surface area contributed by atoms with Gasteiger partial charge in [0.05, 0.1) is 0 Å². The molecule has 0 aliphatic heterocycles. The SMILES string of the molecule is CCC(C)(Cl)CCC(C)=O. The zero-order valence-corrected chi connectivity index (χ0v) is 7.66. The number of alkyl halides is 1. The van der Waals surface area contributed by atoms with Crippen LogP contribution in [0.25, 0.3) is 0 Å². The lowest BCUT2D eigenvalue weighted by Crippen LogP contribution is -2.15. The van der Waals surface area contributed by atoms with Gasteiger partial charge in [0, 0.05) is 11.3 Å². The van der Waals surface area contributed by atoms with E-state index in [0.29, 0.717) is 6.42 Å². The standard InChI is InChI=1S/C8H15ClO/c1-4-8(3,9)6-5-7(2)10/h4-6H2,1-3H3. The number of rotatable bonds is 4. The second-order valence-corrected chi connectivity index (χ2v) is 3.88. The molecule has 1 atom stereocenters. The van der Waals surface area contributed by atoms with Gasteiger partial charge < -0.3 is 4.79 Å². The molecule has 0 aromatic rings. The minimum absolute atomic E-state index is 0.175. The Balaban J connectivity index is 3.56. The van der Waals surface area contributed by atoms with Crippen LogP contribution in [0.15, 0.2) is 0 Å². The van der Waals surface area contributed by atoms with Crippen LogP contribution in [0.4, 0.5) is 0 Å². The van der Waals surface area contributed by atoms with Gasteiger partial charge in [0.25, 0.3) is 0 Å². The lowest BCUT2D eigenvalue weighted by atomic mass is 10.0. The van der Waals surface area contributed by atoms with E-state index in [2.05, 4.69) is 0 Å². The number of halogens is 1. The van der Waals surface area contributed by atoms with Crippen LogP contribution in [0.1, 0.15) is 40.0 Å². The number of carbonyl (C=O) groups is 1. The number of ketones is 1. The van der Waals surface area contributed by atoms with Gasteiger partial charge >= 0.3 is 0 Å². The zero-order chi connectivity index (χ0) is 8.20. The number of carbonyl (C=O) groups excluding carboxylic acids is 1. The maximum absolute atomic E-state index is 10.5. The first-order valence-corrected chi connectivity index (χ1v) is 4.04. The van der Waals surface area contributed by atoms with E-state index in [1.807, 2.05) is 13.8 Å². The average molecular weight is 163 g/mol. The Kier molecular flexibility index (Phi) is 3.95. The predicted octanol–water partition coefficient (Wildman–Crippen LogP) is 2.76. The molecule has 0 aromatic heterocycles. The van der Waals surface area contributed by atoms with Crippen molar-refractivity contribution in [1.82, 2.24) is 0 Å². The Hall–Kier alpha value is -0.0400. The summed E-state index contributed by atoms with van der Waals surface area (Å²) in [4.78, 5) is 10.4. The first-order chi connectivity index (χ1) is 4.48. The highest BCUT2D eigenvalue weighted by Gasteiger charge is 2.17. The molecule has 60 valence electrons. The number of hydrogen-bond donors (Lipinski definition) is 0. The number of hydrogen-bond acceptors (Lipinski definition) is 1. The fourth-order valence-corrected chi connectivity index (χ4v) is 0.708. The predicted molar refractivity (Wildman–Crippen MR) is 44.5 cm³/mol. The van der Waals surface area contributed by atoms with Gasteiger partial charge in [-0.1, -0.05) is 6.92 Å². The van der Waals surface area contributed by atoms with Crippen LogP contribution in [0.3, 0.4) is 0 Å². The van der Waals surface area contributed by atoms with Crippen molar-refractivity contribution in [3.63, 3.8) is 0 Å². The molecule has 0 aliphatic rings. The fraction of sp³-hybridized carbons (Fsp3) is 0.875. The van der Waals surface area contributed by atoms with Crippen LogP contribution in [0.5, 0.6) is 0 Å². The van der Waals surface area contributed by atoms with Crippen molar-refractivity contribution in [2.45, 2.75) is 44.9 Å². The molecule has 0 amide bonds. The van der Waals surface area contributed by atoms with Crippen LogP contribution in [0, 0.1) is 0 Å². The summed E-state index contributed by atoms with van der Waals surface area (Å²) in [6.07, 6.45) is 2.32. The summed E-state index contributed by atoms with van der Waals surface area (Å²) in [6.45, 7) is 5.60. The molecule has 0 heterocycles. The summed E-state index contributed by atoms with van der Waals surface area (Å²) < 4.78 is 0. The highest BCUT2D eigenvalue weighted by molar-refractivity contribution is 6.23. The molecule has 0 fully saturated rings. The molecule has 2 heteroatoms. The highest BCUT2D eigenvalue weighted by Crippen LogP contribution is 2.24. The van der Waals surface area contributed by atoms with Crippen molar-refractivity contribution in [2.75, 3.05) is 0 Å². The molecule has 0 aliphatic carbocycles. The van der Waals surface area contributed by atoms with E-state index < -0.39 is 0 Å². The maximum atomic E-state index is 10.5. The molecule has 0 saturated carbocycles. The highest BCUT2D eigenvalue weighted by atomic mass is 35.5. The van der Waals surface area contributed by atoms with Gasteiger partial charge in [-0.2, -0.15) is 0 Å². The first-order valence-electron chi connectivity index (χ1n) is 3.66.